The number of benzene rings is 3. The average molecular weight is 563 g/mol. The number of nitrogens with zero attached hydrogens (tertiary/aromatic N) is 1. The molecule has 0 aliphatic heterocycles. The number of hydrogen-bond acceptors (Lipinski definition) is 5. The van der Waals surface area contributed by atoms with Gasteiger partial charge in [-0.1, -0.05) is 56.0 Å². The molecule has 0 aliphatic rings. The fourth-order valence-electron chi connectivity index (χ4n) is 5.47. The van der Waals surface area contributed by atoms with E-state index in [1.54, 1.807) is 11.3 Å². The van der Waals surface area contributed by atoms with Crippen molar-refractivity contribution in [3.8, 4) is 11.8 Å². The van der Waals surface area contributed by atoms with Gasteiger partial charge in [0.15, 0.2) is 0 Å². The minimum Gasteiger partial charge on any atom is -0.391 e. The molecule has 3 aromatic carbocycles. The van der Waals surface area contributed by atoms with Gasteiger partial charge in [0.1, 0.15) is 0 Å². The molecular formula is C34H30N2O2S2. The molecule has 0 bridgehead atoms. The molecule has 3 heterocycles. The van der Waals surface area contributed by atoms with E-state index in [1.807, 2.05) is 62.4 Å². The first-order chi connectivity index (χ1) is 19.0. The highest BCUT2D eigenvalue weighted by Gasteiger charge is 2.30. The fraction of sp³-hybridized carbons (Fsp3) is 0.235. The van der Waals surface area contributed by atoms with Crippen LogP contribution in [0.25, 0.3) is 41.7 Å². The summed E-state index contributed by atoms with van der Waals surface area (Å²) in [6.07, 6.45) is 3.39. The van der Waals surface area contributed by atoms with Gasteiger partial charge in [-0.3, -0.25) is 14.2 Å². The van der Waals surface area contributed by atoms with E-state index in [0.29, 0.717) is 22.2 Å². The van der Waals surface area contributed by atoms with Crippen LogP contribution < -0.4 is 16.9 Å². The van der Waals surface area contributed by atoms with Crippen molar-refractivity contribution >= 4 is 69.4 Å². The van der Waals surface area contributed by atoms with E-state index in [4.69, 9.17) is 5.73 Å². The number of anilines is 1. The van der Waals surface area contributed by atoms with Crippen LogP contribution in [0.15, 0.2) is 76.8 Å². The normalized spacial score (nSPS) is 12.4. The summed E-state index contributed by atoms with van der Waals surface area (Å²) in [4.78, 5) is 29.2. The number of nitrogen functional groups attached to an aromatic ring is 1. The van der Waals surface area contributed by atoms with Gasteiger partial charge in [0.25, 0.3) is 11.1 Å². The second kappa shape index (κ2) is 9.33. The zero-order chi connectivity index (χ0) is 28.4. The van der Waals surface area contributed by atoms with Crippen LogP contribution in [-0.2, 0) is 5.54 Å². The zero-order valence-electron chi connectivity index (χ0n) is 23.1. The number of rotatable bonds is 5. The lowest BCUT2D eigenvalue weighted by molar-refractivity contribution is 0.263. The van der Waals surface area contributed by atoms with Crippen molar-refractivity contribution in [1.82, 2.24) is 4.57 Å². The smallest absolute Gasteiger partial charge is 0.261 e. The predicted molar refractivity (Wildman–Crippen MR) is 173 cm³/mol. The van der Waals surface area contributed by atoms with Crippen LogP contribution in [0, 0.1) is 17.3 Å². The van der Waals surface area contributed by atoms with E-state index in [9.17, 15) is 9.59 Å². The molecule has 0 unspecified atom stereocenters. The van der Waals surface area contributed by atoms with Crippen molar-refractivity contribution in [1.29, 1.82) is 0 Å². The molecule has 200 valence electrons. The minimum absolute atomic E-state index is 0.101. The summed E-state index contributed by atoms with van der Waals surface area (Å²) in [6, 6.07) is 17.8. The summed E-state index contributed by atoms with van der Waals surface area (Å²) in [7, 11) is 0. The molecule has 3 aromatic heterocycles. The first kappa shape index (κ1) is 26.3. The van der Waals surface area contributed by atoms with Crippen LogP contribution in [-0.4, -0.2) is 4.57 Å². The highest BCUT2D eigenvalue weighted by Crippen LogP contribution is 2.41. The number of fused-ring (bicyclic) bond motifs is 2. The van der Waals surface area contributed by atoms with Crippen molar-refractivity contribution in [2.45, 2.75) is 46.1 Å². The van der Waals surface area contributed by atoms with Crippen molar-refractivity contribution in [3.63, 3.8) is 0 Å². The molecule has 0 amide bonds. The maximum absolute atomic E-state index is 14.3. The van der Waals surface area contributed by atoms with Crippen molar-refractivity contribution in [2.75, 3.05) is 5.73 Å². The predicted octanol–water partition coefficient (Wildman–Crippen LogP) is 8.09. The molecule has 0 radical (unpaired) electrons. The van der Waals surface area contributed by atoms with E-state index < -0.39 is 5.54 Å². The van der Waals surface area contributed by atoms with Gasteiger partial charge in [-0.05, 0) is 73.2 Å². The summed E-state index contributed by atoms with van der Waals surface area (Å²) in [5.41, 5.74) is 5.42. The van der Waals surface area contributed by atoms with Gasteiger partial charge >= 0.3 is 0 Å². The Kier molecular flexibility index (Phi) is 6.14. The Morgan fingerprint density at radius 1 is 0.850 bits per heavy atom. The van der Waals surface area contributed by atoms with Gasteiger partial charge in [-0.25, -0.2) is 0 Å². The number of aromatic nitrogens is 1. The maximum atomic E-state index is 14.3. The molecule has 40 heavy (non-hydrogen) atoms. The lowest BCUT2D eigenvalue weighted by Gasteiger charge is -2.31. The van der Waals surface area contributed by atoms with Crippen molar-refractivity contribution in [2.24, 2.45) is 5.41 Å². The molecule has 6 heteroatoms. The van der Waals surface area contributed by atoms with Gasteiger partial charge < -0.3 is 5.73 Å². The summed E-state index contributed by atoms with van der Waals surface area (Å²) >= 11 is 3.08. The van der Waals surface area contributed by atoms with E-state index in [-0.39, 0.29) is 16.5 Å². The largest absolute Gasteiger partial charge is 0.391 e. The molecule has 0 atom stereocenters. The summed E-state index contributed by atoms with van der Waals surface area (Å²) in [5.74, 6) is 6.61. The van der Waals surface area contributed by atoms with Crippen LogP contribution in [0.3, 0.4) is 0 Å². The third-order valence-electron chi connectivity index (χ3n) is 7.98. The van der Waals surface area contributed by atoms with Gasteiger partial charge in [0, 0.05) is 32.0 Å². The van der Waals surface area contributed by atoms with E-state index in [2.05, 4.69) is 44.4 Å². The number of thiophene rings is 1. The van der Waals surface area contributed by atoms with Crippen LogP contribution in [0.2, 0.25) is 0 Å². The lowest BCUT2D eigenvalue weighted by atomic mass is 9.83. The number of allylic oxidation sites excluding steroid dienone is 1. The molecule has 0 saturated heterocycles. The van der Waals surface area contributed by atoms with E-state index in [1.165, 1.54) is 15.9 Å². The van der Waals surface area contributed by atoms with Crippen LogP contribution in [0.5, 0.6) is 0 Å². The first-order valence-electron chi connectivity index (χ1n) is 13.3. The molecule has 0 aliphatic carbocycles. The quantitative estimate of drug-likeness (QED) is 0.0999. The van der Waals surface area contributed by atoms with Gasteiger partial charge in [-0.2, -0.15) is 0 Å². The second-order valence-electron chi connectivity index (χ2n) is 11.7. The van der Waals surface area contributed by atoms with E-state index in [0.717, 1.165) is 47.8 Å². The molecule has 2 N–H and O–H groups in total. The Balaban J connectivity index is 1.71. The monoisotopic (exact) mass is 562 g/mol. The molecular weight excluding hydrogens is 533 g/mol. The summed E-state index contributed by atoms with van der Waals surface area (Å²) < 4.78 is 3.57. The summed E-state index contributed by atoms with van der Waals surface area (Å²) in [6.45, 7) is 12.2. The molecule has 4 nitrogen and oxygen atoms in total. The zero-order valence-corrected chi connectivity index (χ0v) is 24.7. The SMILES string of the molecule is C=CC(C)(C)CCC(C)(C)n1c(=O)c2ccc3c4ccccc4sc4c(C#Cc5ccc(N)s5)cc(c1=O)c2c43. The minimum atomic E-state index is -0.686. The number of pyridine rings is 1. The standard InChI is InChI=1S/C34H30N2O2S2/c1-6-33(2,3)17-18-34(4,5)36-31(37)24-15-14-23-22-9-7-8-10-26(22)40-30-20(11-12-21-13-16-27(35)39-21)19-25(32(36)38)28(24)29(23)30/h6-10,13-16,19H,1,17-18,35H2,2-5H3. The maximum Gasteiger partial charge on any atom is 0.261 e. The lowest BCUT2D eigenvalue weighted by Crippen LogP contribution is -2.45. The average Bonchev–Trinajstić information content (AvgIpc) is 3.35. The van der Waals surface area contributed by atoms with Gasteiger partial charge in [0.05, 0.1) is 20.0 Å². The Hall–Kier alpha value is -3.92. The molecule has 0 spiro atoms. The van der Waals surface area contributed by atoms with Gasteiger partial charge in [0.2, 0.25) is 0 Å². The summed E-state index contributed by atoms with van der Waals surface area (Å²) in [5, 5.41) is 5.59. The van der Waals surface area contributed by atoms with Crippen molar-refractivity contribution < 1.29 is 0 Å². The molecule has 6 aromatic rings. The molecule has 0 fully saturated rings. The topological polar surface area (TPSA) is 65.1 Å². The van der Waals surface area contributed by atoms with E-state index >= 15 is 0 Å². The van der Waals surface area contributed by atoms with Crippen LogP contribution >= 0.6 is 22.7 Å². The fourth-order valence-corrected chi connectivity index (χ4v) is 7.28. The Bertz CT molecular complexity index is 2150. The molecule has 6 rings (SSSR count). The number of nitrogens with two attached hydrogens (primary N) is 1. The van der Waals surface area contributed by atoms with Crippen molar-refractivity contribution in [3.05, 3.63) is 98.4 Å². The van der Waals surface area contributed by atoms with Gasteiger partial charge in [-0.15, -0.1) is 29.3 Å². The van der Waals surface area contributed by atoms with Crippen LogP contribution in [0.4, 0.5) is 5.00 Å². The third kappa shape index (κ3) is 4.21. The Labute approximate surface area is 240 Å². The Morgan fingerprint density at radius 2 is 1.57 bits per heavy atom. The number of hydrogen-bond donors (Lipinski definition) is 1. The first-order valence-corrected chi connectivity index (χ1v) is 14.9. The molecule has 0 saturated carbocycles. The Morgan fingerprint density at radius 3 is 2.30 bits per heavy atom. The van der Waals surface area contributed by atoms with Crippen LogP contribution in [0.1, 0.15) is 51.0 Å². The second-order valence-corrected chi connectivity index (χ2v) is 13.9. The highest BCUT2D eigenvalue weighted by molar-refractivity contribution is 7.25. The third-order valence-corrected chi connectivity index (χ3v) is 10.0. The highest BCUT2D eigenvalue weighted by atomic mass is 32.1.